The number of rotatable bonds is 4. The molecule has 4 heteroatoms. The topological polar surface area (TPSA) is 66.4 Å². The molecule has 0 bridgehead atoms. The third-order valence-electron chi connectivity index (χ3n) is 4.54. The Morgan fingerprint density at radius 1 is 1.26 bits per heavy atom. The second-order valence-corrected chi connectivity index (χ2v) is 6.78. The molecule has 19 heavy (non-hydrogen) atoms. The first kappa shape index (κ1) is 14.1. The summed E-state index contributed by atoms with van der Waals surface area (Å²) in [6.07, 6.45) is 3.31. The molecule has 0 aliphatic heterocycles. The SMILES string of the molecule is CC(C)=CC1C(C(=O)NC2CC(C(=O)O)C2)C1(C)C. The maximum Gasteiger partial charge on any atom is 0.306 e. The average Bonchev–Trinajstić information content (AvgIpc) is 2.71. The first-order valence-electron chi connectivity index (χ1n) is 6.91. The summed E-state index contributed by atoms with van der Waals surface area (Å²) in [5, 5.41) is 11.8. The molecule has 0 saturated heterocycles. The molecule has 2 saturated carbocycles. The number of allylic oxidation sites excluding steroid dienone is 2. The van der Waals surface area contributed by atoms with Gasteiger partial charge in [0.15, 0.2) is 0 Å². The van der Waals surface area contributed by atoms with Gasteiger partial charge in [0.25, 0.3) is 0 Å². The largest absolute Gasteiger partial charge is 0.481 e. The van der Waals surface area contributed by atoms with Crippen molar-refractivity contribution in [2.75, 3.05) is 0 Å². The van der Waals surface area contributed by atoms with Crippen molar-refractivity contribution in [3.63, 3.8) is 0 Å². The van der Waals surface area contributed by atoms with E-state index in [0.717, 1.165) is 0 Å². The Morgan fingerprint density at radius 3 is 2.32 bits per heavy atom. The summed E-state index contributed by atoms with van der Waals surface area (Å²) in [5.74, 6) is -0.591. The summed E-state index contributed by atoms with van der Waals surface area (Å²) in [6, 6.07) is 0.0531. The standard InChI is InChI=1S/C15H23NO3/c1-8(2)5-11-12(15(11,3)4)13(17)16-10-6-9(7-10)14(18)19/h5,9-12H,6-7H2,1-4H3,(H,16,17)(H,18,19). The van der Waals surface area contributed by atoms with Crippen molar-refractivity contribution in [2.24, 2.45) is 23.2 Å². The quantitative estimate of drug-likeness (QED) is 0.766. The smallest absolute Gasteiger partial charge is 0.306 e. The van der Waals surface area contributed by atoms with Crippen LogP contribution in [-0.2, 0) is 9.59 Å². The fourth-order valence-corrected chi connectivity index (χ4v) is 3.08. The Kier molecular flexibility index (Phi) is 3.45. The monoisotopic (exact) mass is 265 g/mol. The van der Waals surface area contributed by atoms with Crippen LogP contribution in [0.4, 0.5) is 0 Å². The molecule has 4 nitrogen and oxygen atoms in total. The summed E-state index contributed by atoms with van der Waals surface area (Å²) in [5.41, 5.74) is 1.26. The van der Waals surface area contributed by atoms with Gasteiger partial charge < -0.3 is 10.4 Å². The number of amides is 1. The van der Waals surface area contributed by atoms with E-state index in [1.807, 2.05) is 13.8 Å². The summed E-state index contributed by atoms with van der Waals surface area (Å²) in [7, 11) is 0. The van der Waals surface area contributed by atoms with Gasteiger partial charge in [-0.2, -0.15) is 0 Å². The van der Waals surface area contributed by atoms with Crippen LogP contribution >= 0.6 is 0 Å². The summed E-state index contributed by atoms with van der Waals surface area (Å²) in [4.78, 5) is 22.9. The summed E-state index contributed by atoms with van der Waals surface area (Å²) >= 11 is 0. The third-order valence-corrected chi connectivity index (χ3v) is 4.54. The van der Waals surface area contributed by atoms with Crippen LogP contribution < -0.4 is 5.32 Å². The molecular weight excluding hydrogens is 242 g/mol. The first-order valence-corrected chi connectivity index (χ1v) is 6.91. The Morgan fingerprint density at radius 2 is 1.84 bits per heavy atom. The van der Waals surface area contributed by atoms with E-state index >= 15 is 0 Å². The highest BCUT2D eigenvalue weighted by Crippen LogP contribution is 2.59. The number of carboxylic acid groups (broad SMARTS) is 1. The van der Waals surface area contributed by atoms with Gasteiger partial charge in [0.2, 0.25) is 5.91 Å². The highest BCUT2D eigenvalue weighted by molar-refractivity contribution is 5.84. The molecule has 106 valence electrons. The number of hydrogen-bond donors (Lipinski definition) is 2. The minimum absolute atomic E-state index is 0.0251. The number of nitrogens with one attached hydrogen (secondary N) is 1. The van der Waals surface area contributed by atoms with Gasteiger partial charge in [0.1, 0.15) is 0 Å². The van der Waals surface area contributed by atoms with E-state index in [1.54, 1.807) is 0 Å². The predicted octanol–water partition coefficient (Wildman–Crippen LogP) is 2.20. The van der Waals surface area contributed by atoms with Gasteiger partial charge in [-0.05, 0) is 38.0 Å². The molecule has 2 unspecified atom stereocenters. The molecule has 0 spiro atoms. The van der Waals surface area contributed by atoms with E-state index in [0.29, 0.717) is 18.8 Å². The van der Waals surface area contributed by atoms with E-state index in [9.17, 15) is 9.59 Å². The number of carboxylic acids is 1. The molecule has 0 radical (unpaired) electrons. The molecule has 2 fully saturated rings. The van der Waals surface area contributed by atoms with Crippen LogP contribution in [0.15, 0.2) is 11.6 Å². The minimum atomic E-state index is -0.750. The zero-order valence-corrected chi connectivity index (χ0v) is 12.1. The van der Waals surface area contributed by atoms with Crippen LogP contribution in [0.1, 0.15) is 40.5 Å². The van der Waals surface area contributed by atoms with Crippen LogP contribution in [-0.4, -0.2) is 23.0 Å². The lowest BCUT2D eigenvalue weighted by Crippen LogP contribution is -2.47. The second-order valence-electron chi connectivity index (χ2n) is 6.78. The fourth-order valence-electron chi connectivity index (χ4n) is 3.08. The molecule has 2 atom stereocenters. The van der Waals surface area contributed by atoms with E-state index < -0.39 is 5.97 Å². The van der Waals surface area contributed by atoms with Gasteiger partial charge in [0.05, 0.1) is 11.8 Å². The van der Waals surface area contributed by atoms with E-state index in [2.05, 4.69) is 25.2 Å². The van der Waals surface area contributed by atoms with Crippen LogP contribution in [0.2, 0.25) is 0 Å². The third kappa shape index (κ3) is 2.67. The molecule has 0 aromatic rings. The van der Waals surface area contributed by atoms with Crippen LogP contribution in [0.3, 0.4) is 0 Å². The van der Waals surface area contributed by atoms with Crippen molar-refractivity contribution in [2.45, 2.75) is 46.6 Å². The zero-order chi connectivity index (χ0) is 14.4. The molecule has 2 N–H and O–H groups in total. The lowest BCUT2D eigenvalue weighted by Gasteiger charge is -2.33. The van der Waals surface area contributed by atoms with Crippen molar-refractivity contribution in [1.82, 2.24) is 5.32 Å². The van der Waals surface area contributed by atoms with Gasteiger partial charge in [-0.1, -0.05) is 25.5 Å². The molecule has 2 aliphatic carbocycles. The van der Waals surface area contributed by atoms with Crippen molar-refractivity contribution >= 4 is 11.9 Å². The zero-order valence-electron chi connectivity index (χ0n) is 12.1. The molecule has 0 heterocycles. The van der Waals surface area contributed by atoms with Gasteiger partial charge in [-0.3, -0.25) is 9.59 Å². The Bertz CT molecular complexity index is 429. The highest BCUT2D eigenvalue weighted by atomic mass is 16.4. The van der Waals surface area contributed by atoms with E-state index in [1.165, 1.54) is 5.57 Å². The molecule has 1 amide bonds. The van der Waals surface area contributed by atoms with Crippen LogP contribution in [0.25, 0.3) is 0 Å². The Labute approximate surface area is 114 Å². The van der Waals surface area contributed by atoms with Crippen molar-refractivity contribution in [1.29, 1.82) is 0 Å². The molecule has 0 aromatic heterocycles. The number of carbonyl (C=O) groups excluding carboxylic acids is 1. The lowest BCUT2D eigenvalue weighted by molar-refractivity contribution is -0.146. The molecule has 2 aliphatic rings. The number of hydrogen-bond acceptors (Lipinski definition) is 2. The van der Waals surface area contributed by atoms with Gasteiger partial charge in [-0.25, -0.2) is 0 Å². The normalized spacial score (nSPS) is 34.9. The second kappa shape index (κ2) is 4.66. The average molecular weight is 265 g/mol. The van der Waals surface area contributed by atoms with Crippen molar-refractivity contribution in [3.8, 4) is 0 Å². The predicted molar refractivity (Wildman–Crippen MR) is 72.5 cm³/mol. The highest BCUT2D eigenvalue weighted by Gasteiger charge is 2.60. The van der Waals surface area contributed by atoms with Crippen LogP contribution in [0, 0.1) is 23.2 Å². The van der Waals surface area contributed by atoms with Crippen molar-refractivity contribution < 1.29 is 14.7 Å². The summed E-state index contributed by atoms with van der Waals surface area (Å²) < 4.78 is 0. The van der Waals surface area contributed by atoms with Gasteiger partial charge in [0, 0.05) is 6.04 Å². The summed E-state index contributed by atoms with van der Waals surface area (Å²) in [6.45, 7) is 8.32. The molecular formula is C15H23NO3. The first-order chi connectivity index (χ1) is 8.73. The molecule has 2 rings (SSSR count). The van der Waals surface area contributed by atoms with E-state index in [4.69, 9.17) is 5.11 Å². The van der Waals surface area contributed by atoms with Gasteiger partial charge >= 0.3 is 5.97 Å². The number of aliphatic carboxylic acids is 1. The Hall–Kier alpha value is -1.32. The minimum Gasteiger partial charge on any atom is -0.481 e. The maximum atomic E-state index is 12.2. The lowest BCUT2D eigenvalue weighted by atomic mass is 9.80. The fraction of sp³-hybridized carbons (Fsp3) is 0.733. The van der Waals surface area contributed by atoms with Crippen molar-refractivity contribution in [3.05, 3.63) is 11.6 Å². The number of carbonyl (C=O) groups is 2. The van der Waals surface area contributed by atoms with Crippen LogP contribution in [0.5, 0.6) is 0 Å². The van der Waals surface area contributed by atoms with Gasteiger partial charge in [-0.15, -0.1) is 0 Å². The Balaban J connectivity index is 1.86. The maximum absolute atomic E-state index is 12.2. The molecule has 0 aromatic carbocycles. The van der Waals surface area contributed by atoms with E-state index in [-0.39, 0.29) is 29.2 Å².